The van der Waals surface area contributed by atoms with E-state index in [0.29, 0.717) is 0 Å². The molecule has 0 aromatic carbocycles. The molecule has 14 heavy (non-hydrogen) atoms. The summed E-state index contributed by atoms with van der Waals surface area (Å²) >= 11 is 11.4. The zero-order valence-electron chi connectivity index (χ0n) is 7.60. The minimum absolute atomic E-state index is 0.0706. The van der Waals surface area contributed by atoms with Crippen LogP contribution >= 0.6 is 23.2 Å². The van der Waals surface area contributed by atoms with Crippen LogP contribution in [-0.4, -0.2) is 16.6 Å². The number of hydrogen-bond acceptors (Lipinski definition) is 3. The van der Waals surface area contributed by atoms with Gasteiger partial charge < -0.3 is 0 Å². The first-order chi connectivity index (χ1) is 6.43. The van der Waals surface area contributed by atoms with E-state index in [4.69, 9.17) is 23.2 Å². The smallest absolute Gasteiger partial charge is 0.179 e. The lowest BCUT2D eigenvalue weighted by Crippen LogP contribution is -2.05. The van der Waals surface area contributed by atoms with Crippen molar-refractivity contribution < 1.29 is 9.59 Å². The SMILES string of the molecule is CC(=O)c1nc(C(C)=O)c(Cl)cc1Cl. The van der Waals surface area contributed by atoms with E-state index in [1.165, 1.54) is 19.9 Å². The van der Waals surface area contributed by atoms with E-state index in [1.807, 2.05) is 0 Å². The van der Waals surface area contributed by atoms with Gasteiger partial charge in [0.25, 0.3) is 0 Å². The Morgan fingerprint density at radius 2 is 1.43 bits per heavy atom. The van der Waals surface area contributed by atoms with Gasteiger partial charge in [-0.1, -0.05) is 23.2 Å². The van der Waals surface area contributed by atoms with Gasteiger partial charge in [-0.15, -0.1) is 0 Å². The zero-order chi connectivity index (χ0) is 10.9. The number of carbonyl (C=O) groups excluding carboxylic acids is 2. The van der Waals surface area contributed by atoms with Crippen molar-refractivity contribution in [2.75, 3.05) is 0 Å². The summed E-state index contributed by atoms with van der Waals surface area (Å²) < 4.78 is 0. The van der Waals surface area contributed by atoms with Crippen molar-refractivity contribution in [3.63, 3.8) is 0 Å². The molecule has 1 aromatic rings. The van der Waals surface area contributed by atoms with Crippen molar-refractivity contribution in [2.45, 2.75) is 13.8 Å². The fourth-order valence-corrected chi connectivity index (χ4v) is 1.59. The molecule has 74 valence electrons. The molecular weight excluding hydrogens is 225 g/mol. The Balaban J connectivity index is 3.42. The van der Waals surface area contributed by atoms with Crippen LogP contribution < -0.4 is 0 Å². The van der Waals surface area contributed by atoms with Crippen molar-refractivity contribution >= 4 is 34.8 Å². The first kappa shape index (κ1) is 11.1. The average molecular weight is 232 g/mol. The molecule has 0 spiro atoms. The Morgan fingerprint density at radius 1 is 1.07 bits per heavy atom. The van der Waals surface area contributed by atoms with E-state index in [0.717, 1.165) is 0 Å². The molecule has 0 aliphatic rings. The summed E-state index contributed by atoms with van der Waals surface area (Å²) in [7, 11) is 0. The number of Topliss-reactive ketones (excluding diaryl/α,β-unsaturated/α-hetero) is 2. The Bertz CT molecular complexity index is 380. The lowest BCUT2D eigenvalue weighted by atomic mass is 10.2. The first-order valence-electron chi connectivity index (χ1n) is 3.81. The minimum atomic E-state index is -0.297. The quantitative estimate of drug-likeness (QED) is 0.736. The van der Waals surface area contributed by atoms with E-state index in [2.05, 4.69) is 4.98 Å². The highest BCUT2D eigenvalue weighted by molar-refractivity contribution is 6.37. The maximum absolute atomic E-state index is 11.1. The topological polar surface area (TPSA) is 47.0 Å². The van der Waals surface area contributed by atoms with Crippen LogP contribution in [0, 0.1) is 0 Å². The standard InChI is InChI=1S/C9H7Cl2NO2/c1-4(13)8-6(10)3-7(11)9(12-8)5(2)14/h3H,1-2H3. The molecule has 5 heteroatoms. The Labute approximate surface area is 91.0 Å². The second kappa shape index (κ2) is 4.07. The maximum Gasteiger partial charge on any atom is 0.179 e. The van der Waals surface area contributed by atoms with E-state index in [1.54, 1.807) is 0 Å². The molecule has 0 radical (unpaired) electrons. The van der Waals surface area contributed by atoms with Crippen LogP contribution in [-0.2, 0) is 0 Å². The van der Waals surface area contributed by atoms with Crippen LogP contribution in [0.3, 0.4) is 0 Å². The van der Waals surface area contributed by atoms with Gasteiger partial charge in [0.05, 0.1) is 10.0 Å². The molecule has 0 fully saturated rings. The van der Waals surface area contributed by atoms with Crippen molar-refractivity contribution in [3.8, 4) is 0 Å². The normalized spacial score (nSPS) is 10.0. The van der Waals surface area contributed by atoms with Crippen molar-refractivity contribution in [1.82, 2.24) is 4.98 Å². The van der Waals surface area contributed by atoms with Crippen LogP contribution in [0.25, 0.3) is 0 Å². The lowest BCUT2D eigenvalue weighted by molar-refractivity contribution is 0.101. The van der Waals surface area contributed by atoms with Crippen LogP contribution in [0.2, 0.25) is 10.0 Å². The fourth-order valence-electron chi connectivity index (χ4n) is 0.960. The molecule has 0 atom stereocenters. The lowest BCUT2D eigenvalue weighted by Gasteiger charge is -2.03. The van der Waals surface area contributed by atoms with Crippen LogP contribution in [0.4, 0.5) is 0 Å². The summed E-state index contributed by atoms with van der Waals surface area (Å²) in [6.07, 6.45) is 0. The zero-order valence-corrected chi connectivity index (χ0v) is 9.11. The largest absolute Gasteiger partial charge is 0.293 e. The summed E-state index contributed by atoms with van der Waals surface area (Å²) in [4.78, 5) is 25.9. The highest BCUT2D eigenvalue weighted by Gasteiger charge is 2.14. The molecule has 0 unspecified atom stereocenters. The van der Waals surface area contributed by atoms with E-state index in [-0.39, 0.29) is 33.0 Å². The van der Waals surface area contributed by atoms with Gasteiger partial charge in [-0.2, -0.15) is 0 Å². The molecule has 0 saturated heterocycles. The highest BCUT2D eigenvalue weighted by Crippen LogP contribution is 2.23. The summed E-state index contributed by atoms with van der Waals surface area (Å²) in [6.45, 7) is 2.65. The van der Waals surface area contributed by atoms with Crippen LogP contribution in [0.15, 0.2) is 6.07 Å². The monoisotopic (exact) mass is 231 g/mol. The maximum atomic E-state index is 11.1. The van der Waals surface area contributed by atoms with Gasteiger partial charge in [-0.3, -0.25) is 9.59 Å². The van der Waals surface area contributed by atoms with Gasteiger partial charge in [0.1, 0.15) is 11.4 Å². The summed E-state index contributed by atoms with van der Waals surface area (Å²) in [5.74, 6) is -0.594. The molecule has 0 saturated carbocycles. The number of rotatable bonds is 2. The van der Waals surface area contributed by atoms with E-state index >= 15 is 0 Å². The highest BCUT2D eigenvalue weighted by atomic mass is 35.5. The second-order valence-corrected chi connectivity index (χ2v) is 3.58. The molecule has 0 aliphatic heterocycles. The molecule has 0 aliphatic carbocycles. The molecule has 0 bridgehead atoms. The van der Waals surface area contributed by atoms with Gasteiger partial charge in [-0.05, 0) is 6.07 Å². The van der Waals surface area contributed by atoms with Gasteiger partial charge in [0.15, 0.2) is 11.6 Å². The average Bonchev–Trinajstić information content (AvgIpc) is 2.02. The third kappa shape index (κ3) is 2.11. The summed E-state index contributed by atoms with van der Waals surface area (Å²) in [5.41, 5.74) is 0.141. The molecule has 0 N–H and O–H groups in total. The number of ketones is 2. The number of nitrogens with zero attached hydrogens (tertiary/aromatic N) is 1. The van der Waals surface area contributed by atoms with E-state index in [9.17, 15) is 9.59 Å². The summed E-state index contributed by atoms with van der Waals surface area (Å²) in [5, 5.41) is 0.319. The predicted molar refractivity (Wildman–Crippen MR) is 54.3 cm³/mol. The third-order valence-electron chi connectivity index (χ3n) is 1.60. The first-order valence-corrected chi connectivity index (χ1v) is 4.57. The summed E-state index contributed by atoms with van der Waals surface area (Å²) in [6, 6.07) is 1.35. The second-order valence-electron chi connectivity index (χ2n) is 2.76. The van der Waals surface area contributed by atoms with Crippen LogP contribution in [0.5, 0.6) is 0 Å². The molecular formula is C9H7Cl2NO2. The molecule has 1 heterocycles. The van der Waals surface area contributed by atoms with E-state index < -0.39 is 0 Å². The Morgan fingerprint density at radius 3 is 1.71 bits per heavy atom. The minimum Gasteiger partial charge on any atom is -0.293 e. The fraction of sp³-hybridized carbons (Fsp3) is 0.222. The van der Waals surface area contributed by atoms with Gasteiger partial charge in [0, 0.05) is 13.8 Å². The molecule has 0 amide bonds. The number of carbonyl (C=O) groups is 2. The Kier molecular flexibility index (Phi) is 3.24. The number of pyridine rings is 1. The number of halogens is 2. The molecule has 1 aromatic heterocycles. The van der Waals surface area contributed by atoms with Crippen molar-refractivity contribution in [3.05, 3.63) is 27.5 Å². The van der Waals surface area contributed by atoms with Gasteiger partial charge >= 0.3 is 0 Å². The van der Waals surface area contributed by atoms with Gasteiger partial charge in [0.2, 0.25) is 0 Å². The number of hydrogen-bond donors (Lipinski definition) is 0. The number of aromatic nitrogens is 1. The van der Waals surface area contributed by atoms with Crippen LogP contribution in [0.1, 0.15) is 34.8 Å². The third-order valence-corrected chi connectivity index (χ3v) is 2.17. The molecule has 1 rings (SSSR count). The van der Waals surface area contributed by atoms with Gasteiger partial charge in [-0.25, -0.2) is 4.98 Å². The molecule has 3 nitrogen and oxygen atoms in total. The van der Waals surface area contributed by atoms with Crippen molar-refractivity contribution in [2.24, 2.45) is 0 Å². The Hall–Kier alpha value is -0.930. The van der Waals surface area contributed by atoms with Crippen molar-refractivity contribution in [1.29, 1.82) is 0 Å². The predicted octanol–water partition coefficient (Wildman–Crippen LogP) is 2.79.